The predicted molar refractivity (Wildman–Crippen MR) is 87.1 cm³/mol. The molecule has 1 aliphatic rings. The van der Waals surface area contributed by atoms with E-state index in [2.05, 4.69) is 10.1 Å². The number of benzene rings is 2. The molecule has 138 valence electrons. The molecule has 2 aromatic rings. The van der Waals surface area contributed by atoms with Crippen molar-refractivity contribution in [2.75, 3.05) is 6.61 Å². The minimum absolute atomic E-state index is 0.0877. The van der Waals surface area contributed by atoms with Gasteiger partial charge in [0.1, 0.15) is 11.6 Å². The molecule has 0 aromatic heterocycles. The van der Waals surface area contributed by atoms with Gasteiger partial charge in [-0.2, -0.15) is 13.2 Å². The zero-order valence-electron chi connectivity index (χ0n) is 13.7. The van der Waals surface area contributed by atoms with Crippen LogP contribution in [0.1, 0.15) is 23.5 Å². The highest BCUT2D eigenvalue weighted by Gasteiger charge is 2.44. The Labute approximate surface area is 148 Å². The normalized spacial score (nSPS) is 19.1. The molecule has 3 rings (SSSR count). The molecule has 2 aromatic carbocycles. The third-order valence-electron chi connectivity index (χ3n) is 4.20. The van der Waals surface area contributed by atoms with Crippen LogP contribution in [0.2, 0.25) is 0 Å². The second kappa shape index (κ2) is 7.35. The molecule has 1 fully saturated rings. The van der Waals surface area contributed by atoms with Crippen LogP contribution in [0.3, 0.4) is 0 Å². The molecule has 7 heteroatoms. The number of halogens is 4. The average molecular weight is 367 g/mol. The monoisotopic (exact) mass is 367 g/mol. The summed E-state index contributed by atoms with van der Waals surface area (Å²) >= 11 is 0. The summed E-state index contributed by atoms with van der Waals surface area (Å²) in [6.07, 6.45) is -3.82. The maximum Gasteiger partial charge on any atom is 0.422 e. The standard InChI is InChI=1S/C19H17F4NO2/c20-17-7-2-1-6-14(17)15-9-16(15)18(25)24-10-12-4-3-5-13(8-12)26-11-19(21,22)23/h1-8,15-16H,9-11H2,(H,24,25). The minimum atomic E-state index is -4.40. The third kappa shape index (κ3) is 4.74. The Morgan fingerprint density at radius 1 is 1.15 bits per heavy atom. The van der Waals surface area contributed by atoms with Crippen molar-refractivity contribution in [3.63, 3.8) is 0 Å². The number of nitrogens with one attached hydrogen (secondary N) is 1. The number of hydrogen-bond acceptors (Lipinski definition) is 2. The summed E-state index contributed by atoms with van der Waals surface area (Å²) in [5.41, 5.74) is 1.16. The van der Waals surface area contributed by atoms with Crippen molar-refractivity contribution in [3.05, 3.63) is 65.5 Å². The Morgan fingerprint density at radius 3 is 2.65 bits per heavy atom. The van der Waals surface area contributed by atoms with E-state index in [4.69, 9.17) is 0 Å². The van der Waals surface area contributed by atoms with E-state index >= 15 is 0 Å². The number of amides is 1. The summed E-state index contributed by atoms with van der Waals surface area (Å²) in [6.45, 7) is -1.20. The molecule has 2 unspecified atom stereocenters. The number of carbonyl (C=O) groups excluding carboxylic acids is 1. The van der Waals surface area contributed by atoms with E-state index in [0.29, 0.717) is 17.5 Å². The van der Waals surface area contributed by atoms with Crippen LogP contribution in [-0.4, -0.2) is 18.7 Å². The van der Waals surface area contributed by atoms with Crippen molar-refractivity contribution in [1.29, 1.82) is 0 Å². The molecule has 26 heavy (non-hydrogen) atoms. The number of alkyl halides is 3. The second-order valence-electron chi connectivity index (χ2n) is 6.24. The molecule has 0 aliphatic heterocycles. The van der Waals surface area contributed by atoms with Gasteiger partial charge in [0.2, 0.25) is 5.91 Å². The lowest BCUT2D eigenvalue weighted by molar-refractivity contribution is -0.153. The fourth-order valence-corrected chi connectivity index (χ4v) is 2.83. The van der Waals surface area contributed by atoms with E-state index in [0.717, 1.165) is 0 Å². The van der Waals surface area contributed by atoms with E-state index < -0.39 is 12.8 Å². The van der Waals surface area contributed by atoms with Crippen LogP contribution >= 0.6 is 0 Å². The maximum absolute atomic E-state index is 13.7. The number of hydrogen-bond donors (Lipinski definition) is 1. The van der Waals surface area contributed by atoms with Gasteiger partial charge in [0.25, 0.3) is 0 Å². The molecule has 2 atom stereocenters. The topological polar surface area (TPSA) is 38.3 Å². The van der Waals surface area contributed by atoms with Gasteiger partial charge in [0.15, 0.2) is 6.61 Å². The van der Waals surface area contributed by atoms with Gasteiger partial charge in [0.05, 0.1) is 0 Å². The average Bonchev–Trinajstić information content (AvgIpc) is 3.39. The minimum Gasteiger partial charge on any atom is -0.484 e. The first kappa shape index (κ1) is 18.2. The molecular weight excluding hydrogens is 350 g/mol. The Bertz CT molecular complexity index is 791. The van der Waals surface area contributed by atoms with Gasteiger partial charge in [-0.15, -0.1) is 0 Å². The predicted octanol–water partition coefficient (Wildman–Crippen LogP) is 4.19. The quantitative estimate of drug-likeness (QED) is 0.778. The maximum atomic E-state index is 13.7. The largest absolute Gasteiger partial charge is 0.484 e. The fourth-order valence-electron chi connectivity index (χ4n) is 2.83. The van der Waals surface area contributed by atoms with Crippen molar-refractivity contribution >= 4 is 5.91 Å². The van der Waals surface area contributed by atoms with E-state index in [1.807, 2.05) is 0 Å². The molecule has 0 saturated heterocycles. The summed E-state index contributed by atoms with van der Waals surface area (Å²) in [7, 11) is 0. The van der Waals surface area contributed by atoms with E-state index in [-0.39, 0.29) is 35.9 Å². The van der Waals surface area contributed by atoms with Gasteiger partial charge in [0, 0.05) is 12.5 Å². The van der Waals surface area contributed by atoms with Gasteiger partial charge in [-0.05, 0) is 41.7 Å². The molecular formula is C19H17F4NO2. The molecule has 1 amide bonds. The van der Waals surface area contributed by atoms with E-state index in [9.17, 15) is 22.4 Å². The third-order valence-corrected chi connectivity index (χ3v) is 4.20. The van der Waals surface area contributed by atoms with Crippen LogP contribution in [-0.2, 0) is 11.3 Å². The Balaban J connectivity index is 1.52. The van der Waals surface area contributed by atoms with Crippen molar-refractivity contribution in [2.24, 2.45) is 5.92 Å². The van der Waals surface area contributed by atoms with Crippen molar-refractivity contribution in [3.8, 4) is 5.75 Å². The summed E-state index contributed by atoms with van der Waals surface area (Å²) in [6, 6.07) is 12.5. The molecule has 1 saturated carbocycles. The molecule has 1 N–H and O–H groups in total. The summed E-state index contributed by atoms with van der Waals surface area (Å²) in [4.78, 5) is 12.2. The van der Waals surface area contributed by atoms with Gasteiger partial charge >= 0.3 is 6.18 Å². The first-order chi connectivity index (χ1) is 12.3. The zero-order valence-corrected chi connectivity index (χ0v) is 13.7. The fraction of sp³-hybridized carbons (Fsp3) is 0.316. The first-order valence-electron chi connectivity index (χ1n) is 8.14. The second-order valence-corrected chi connectivity index (χ2v) is 6.24. The zero-order chi connectivity index (χ0) is 18.7. The molecule has 0 spiro atoms. The number of carbonyl (C=O) groups is 1. The molecule has 0 heterocycles. The lowest BCUT2D eigenvalue weighted by Gasteiger charge is -2.11. The van der Waals surface area contributed by atoms with E-state index in [1.54, 1.807) is 30.3 Å². The Morgan fingerprint density at radius 2 is 1.92 bits per heavy atom. The summed E-state index contributed by atoms with van der Waals surface area (Å²) in [5, 5.41) is 2.74. The van der Waals surface area contributed by atoms with Crippen LogP contribution in [0, 0.1) is 11.7 Å². The van der Waals surface area contributed by atoms with Gasteiger partial charge < -0.3 is 10.1 Å². The van der Waals surface area contributed by atoms with Gasteiger partial charge in [-0.25, -0.2) is 4.39 Å². The van der Waals surface area contributed by atoms with Gasteiger partial charge in [-0.3, -0.25) is 4.79 Å². The van der Waals surface area contributed by atoms with Crippen molar-refractivity contribution in [2.45, 2.75) is 25.1 Å². The smallest absolute Gasteiger partial charge is 0.422 e. The van der Waals surface area contributed by atoms with Crippen LogP contribution in [0.4, 0.5) is 17.6 Å². The highest BCUT2D eigenvalue weighted by Crippen LogP contribution is 2.48. The summed E-state index contributed by atoms with van der Waals surface area (Å²) in [5.74, 6) is -0.832. The highest BCUT2D eigenvalue weighted by molar-refractivity contribution is 5.82. The van der Waals surface area contributed by atoms with Crippen LogP contribution in [0.25, 0.3) is 0 Å². The van der Waals surface area contributed by atoms with Crippen molar-refractivity contribution in [1.82, 2.24) is 5.32 Å². The Kier molecular flexibility index (Phi) is 5.15. The number of rotatable bonds is 6. The van der Waals surface area contributed by atoms with Crippen LogP contribution in [0.15, 0.2) is 48.5 Å². The first-order valence-corrected chi connectivity index (χ1v) is 8.14. The van der Waals surface area contributed by atoms with Crippen LogP contribution in [0.5, 0.6) is 5.75 Å². The highest BCUT2D eigenvalue weighted by atomic mass is 19.4. The lowest BCUT2D eigenvalue weighted by Crippen LogP contribution is -2.25. The molecule has 1 aliphatic carbocycles. The molecule has 0 radical (unpaired) electrons. The molecule has 3 nitrogen and oxygen atoms in total. The van der Waals surface area contributed by atoms with Crippen molar-refractivity contribution < 1.29 is 27.1 Å². The van der Waals surface area contributed by atoms with E-state index in [1.165, 1.54) is 18.2 Å². The lowest BCUT2D eigenvalue weighted by atomic mass is 10.1. The Hall–Kier alpha value is -2.57. The molecule has 0 bridgehead atoms. The summed E-state index contributed by atoms with van der Waals surface area (Å²) < 4.78 is 55.0. The van der Waals surface area contributed by atoms with Gasteiger partial charge in [-0.1, -0.05) is 30.3 Å². The SMILES string of the molecule is O=C(NCc1cccc(OCC(F)(F)F)c1)C1CC1c1ccccc1F. The van der Waals surface area contributed by atoms with Crippen LogP contribution < -0.4 is 10.1 Å². The number of ether oxygens (including phenoxy) is 1.